The Morgan fingerprint density at radius 2 is 2.14 bits per heavy atom. The summed E-state index contributed by atoms with van der Waals surface area (Å²) in [6.07, 6.45) is 2.30. The predicted octanol–water partition coefficient (Wildman–Crippen LogP) is 3.77. The molecule has 0 aliphatic carbocycles. The SMILES string of the molecule is Cc1ccc(NC(=O)[C@@H](C)OC(=O)Cc2csc(-c3cccnc3)n2)cc1F. The van der Waals surface area contributed by atoms with Crippen molar-refractivity contribution in [3.8, 4) is 10.6 Å². The van der Waals surface area contributed by atoms with Crippen LogP contribution in [0.3, 0.4) is 0 Å². The molecule has 0 aliphatic heterocycles. The van der Waals surface area contributed by atoms with Crippen LogP contribution in [0, 0.1) is 12.7 Å². The highest BCUT2D eigenvalue weighted by molar-refractivity contribution is 7.13. The minimum Gasteiger partial charge on any atom is -0.452 e. The Morgan fingerprint density at radius 1 is 1.32 bits per heavy atom. The van der Waals surface area contributed by atoms with E-state index in [1.807, 2.05) is 12.1 Å². The van der Waals surface area contributed by atoms with Crippen molar-refractivity contribution in [3.63, 3.8) is 0 Å². The van der Waals surface area contributed by atoms with E-state index in [9.17, 15) is 14.0 Å². The minimum atomic E-state index is -1.02. The van der Waals surface area contributed by atoms with Gasteiger partial charge >= 0.3 is 5.97 Å². The molecule has 1 N–H and O–H groups in total. The number of anilines is 1. The van der Waals surface area contributed by atoms with Crippen LogP contribution in [0.5, 0.6) is 0 Å². The normalized spacial score (nSPS) is 11.7. The Morgan fingerprint density at radius 3 is 2.86 bits per heavy atom. The van der Waals surface area contributed by atoms with Crippen LogP contribution in [-0.2, 0) is 20.7 Å². The molecule has 0 bridgehead atoms. The number of carbonyl (C=O) groups excluding carboxylic acids is 2. The number of carbonyl (C=O) groups is 2. The van der Waals surface area contributed by atoms with Crippen LogP contribution >= 0.6 is 11.3 Å². The van der Waals surface area contributed by atoms with Crippen molar-refractivity contribution in [1.82, 2.24) is 9.97 Å². The van der Waals surface area contributed by atoms with Gasteiger partial charge in [-0.2, -0.15) is 0 Å². The summed E-state index contributed by atoms with van der Waals surface area (Å²) in [5.41, 5.74) is 2.20. The summed E-state index contributed by atoms with van der Waals surface area (Å²) in [6, 6.07) is 8.06. The first kappa shape index (κ1) is 19.6. The smallest absolute Gasteiger partial charge is 0.312 e. The van der Waals surface area contributed by atoms with Gasteiger partial charge in [0, 0.05) is 29.0 Å². The molecule has 2 heterocycles. The van der Waals surface area contributed by atoms with Gasteiger partial charge in [0.25, 0.3) is 5.91 Å². The number of rotatable bonds is 6. The van der Waals surface area contributed by atoms with Gasteiger partial charge in [0.1, 0.15) is 10.8 Å². The van der Waals surface area contributed by atoms with Crippen molar-refractivity contribution in [2.45, 2.75) is 26.4 Å². The van der Waals surface area contributed by atoms with Crippen molar-refractivity contribution in [2.24, 2.45) is 0 Å². The number of benzene rings is 1. The monoisotopic (exact) mass is 399 g/mol. The Labute approximate surface area is 165 Å². The van der Waals surface area contributed by atoms with E-state index in [2.05, 4.69) is 15.3 Å². The van der Waals surface area contributed by atoms with Gasteiger partial charge < -0.3 is 10.1 Å². The molecule has 6 nitrogen and oxygen atoms in total. The Hall–Kier alpha value is -3.13. The fraction of sp³-hybridized carbons (Fsp3) is 0.200. The van der Waals surface area contributed by atoms with Gasteiger partial charge in [-0.15, -0.1) is 11.3 Å². The second-order valence-electron chi connectivity index (χ2n) is 6.15. The first-order valence-corrected chi connectivity index (χ1v) is 9.41. The molecule has 0 fully saturated rings. The van der Waals surface area contributed by atoms with Gasteiger partial charge in [-0.05, 0) is 43.7 Å². The molecule has 8 heteroatoms. The number of amides is 1. The number of aryl methyl sites for hydroxylation is 1. The highest BCUT2D eigenvalue weighted by atomic mass is 32.1. The van der Waals surface area contributed by atoms with Crippen molar-refractivity contribution in [3.05, 3.63) is 65.2 Å². The summed E-state index contributed by atoms with van der Waals surface area (Å²) in [5, 5.41) is 5.05. The van der Waals surface area contributed by atoms with Crippen LogP contribution in [-0.4, -0.2) is 27.9 Å². The van der Waals surface area contributed by atoms with E-state index in [1.165, 1.54) is 24.3 Å². The number of ether oxygens (including phenoxy) is 1. The number of thiazole rings is 1. The zero-order valence-corrected chi connectivity index (χ0v) is 16.1. The second-order valence-corrected chi connectivity index (χ2v) is 7.01. The molecule has 0 saturated heterocycles. The summed E-state index contributed by atoms with van der Waals surface area (Å²) >= 11 is 1.40. The summed E-state index contributed by atoms with van der Waals surface area (Å²) < 4.78 is 18.7. The highest BCUT2D eigenvalue weighted by Gasteiger charge is 2.19. The van der Waals surface area contributed by atoms with E-state index in [0.29, 0.717) is 16.9 Å². The molecule has 0 aliphatic rings. The Balaban J connectivity index is 1.54. The van der Waals surface area contributed by atoms with Crippen LogP contribution in [0.15, 0.2) is 48.1 Å². The van der Waals surface area contributed by atoms with Gasteiger partial charge in [-0.1, -0.05) is 6.07 Å². The third-order valence-corrected chi connectivity index (χ3v) is 4.84. The fourth-order valence-corrected chi connectivity index (χ4v) is 3.18. The third-order valence-electron chi connectivity index (χ3n) is 3.90. The van der Waals surface area contributed by atoms with Gasteiger partial charge in [0.15, 0.2) is 6.10 Å². The number of halogens is 1. The molecule has 3 aromatic rings. The van der Waals surface area contributed by atoms with Crippen molar-refractivity contribution < 1.29 is 18.7 Å². The summed E-state index contributed by atoms with van der Waals surface area (Å²) in [6.45, 7) is 3.09. The maximum atomic E-state index is 13.6. The predicted molar refractivity (Wildman–Crippen MR) is 104 cm³/mol. The largest absolute Gasteiger partial charge is 0.452 e. The number of hydrogen-bond donors (Lipinski definition) is 1. The summed E-state index contributed by atoms with van der Waals surface area (Å²) in [4.78, 5) is 32.7. The molecule has 144 valence electrons. The van der Waals surface area contributed by atoms with E-state index in [4.69, 9.17) is 4.74 Å². The number of aromatic nitrogens is 2. The first-order valence-electron chi connectivity index (χ1n) is 8.53. The van der Waals surface area contributed by atoms with E-state index in [-0.39, 0.29) is 6.42 Å². The summed E-state index contributed by atoms with van der Waals surface area (Å²) in [7, 11) is 0. The van der Waals surface area contributed by atoms with Gasteiger partial charge in [0.05, 0.1) is 12.1 Å². The van der Waals surface area contributed by atoms with Crippen LogP contribution < -0.4 is 5.32 Å². The van der Waals surface area contributed by atoms with Crippen molar-refractivity contribution in [1.29, 1.82) is 0 Å². The second kappa shape index (κ2) is 8.71. The van der Waals surface area contributed by atoms with E-state index in [0.717, 1.165) is 10.6 Å². The number of hydrogen-bond acceptors (Lipinski definition) is 6. The van der Waals surface area contributed by atoms with Gasteiger partial charge in [-0.3, -0.25) is 14.6 Å². The van der Waals surface area contributed by atoms with Crippen LogP contribution in [0.2, 0.25) is 0 Å². The molecule has 1 atom stereocenters. The molecule has 0 unspecified atom stereocenters. The van der Waals surface area contributed by atoms with Crippen LogP contribution in [0.4, 0.5) is 10.1 Å². The molecule has 0 saturated carbocycles. The van der Waals surface area contributed by atoms with E-state index in [1.54, 1.807) is 36.8 Å². The molecular formula is C20H18FN3O3S. The van der Waals surface area contributed by atoms with Crippen LogP contribution in [0.25, 0.3) is 10.6 Å². The maximum Gasteiger partial charge on any atom is 0.312 e. The number of pyridine rings is 1. The number of nitrogens with zero attached hydrogens (tertiary/aromatic N) is 2. The molecule has 0 spiro atoms. The van der Waals surface area contributed by atoms with Gasteiger partial charge in [-0.25, -0.2) is 9.37 Å². The standard InChI is InChI=1S/C20H18FN3O3S/c1-12-5-6-15(8-17(12)21)23-19(26)13(2)27-18(25)9-16-11-28-20(24-16)14-4-3-7-22-10-14/h3-8,10-11,13H,9H2,1-2H3,(H,23,26)/t13-/m1/s1. The molecule has 1 aromatic carbocycles. The average molecular weight is 399 g/mol. The van der Waals surface area contributed by atoms with Gasteiger partial charge in [0.2, 0.25) is 0 Å². The van der Waals surface area contributed by atoms with Crippen molar-refractivity contribution in [2.75, 3.05) is 5.32 Å². The third kappa shape index (κ3) is 4.98. The molecule has 1 amide bonds. The number of esters is 1. The lowest BCUT2D eigenvalue weighted by Crippen LogP contribution is -2.30. The van der Waals surface area contributed by atoms with E-state index >= 15 is 0 Å². The summed E-state index contributed by atoms with van der Waals surface area (Å²) in [5.74, 6) is -1.53. The highest BCUT2D eigenvalue weighted by Crippen LogP contribution is 2.23. The van der Waals surface area contributed by atoms with Crippen LogP contribution in [0.1, 0.15) is 18.2 Å². The van der Waals surface area contributed by atoms with E-state index < -0.39 is 23.8 Å². The number of nitrogens with one attached hydrogen (secondary N) is 1. The Bertz CT molecular complexity index is 991. The quantitative estimate of drug-likeness (QED) is 0.638. The zero-order valence-electron chi connectivity index (χ0n) is 15.3. The lowest BCUT2D eigenvalue weighted by atomic mass is 10.2. The molecule has 0 radical (unpaired) electrons. The zero-order chi connectivity index (χ0) is 20.1. The minimum absolute atomic E-state index is 0.0481. The average Bonchev–Trinajstić information content (AvgIpc) is 3.13. The fourth-order valence-electron chi connectivity index (χ4n) is 2.36. The maximum absolute atomic E-state index is 13.6. The topological polar surface area (TPSA) is 81.2 Å². The molecule has 3 rings (SSSR count). The first-order chi connectivity index (χ1) is 13.4. The lowest BCUT2D eigenvalue weighted by molar-refractivity contribution is -0.152. The molecule has 28 heavy (non-hydrogen) atoms. The van der Waals surface area contributed by atoms with Crippen molar-refractivity contribution >= 4 is 28.9 Å². The lowest BCUT2D eigenvalue weighted by Gasteiger charge is -2.13. The molecular weight excluding hydrogens is 381 g/mol. The molecule has 2 aromatic heterocycles. The Kier molecular flexibility index (Phi) is 6.10.